The lowest BCUT2D eigenvalue weighted by molar-refractivity contribution is 0.110. The van der Waals surface area contributed by atoms with Crippen LogP contribution < -0.4 is 5.73 Å². The van der Waals surface area contributed by atoms with Gasteiger partial charge in [0.2, 0.25) is 0 Å². The smallest absolute Gasteiger partial charge is 0.0722 e. The summed E-state index contributed by atoms with van der Waals surface area (Å²) in [5.41, 5.74) is 9.99. The van der Waals surface area contributed by atoms with Crippen LogP contribution in [0.3, 0.4) is 0 Å². The lowest BCUT2D eigenvalue weighted by atomic mass is 9.94. The predicted molar refractivity (Wildman–Crippen MR) is 57.2 cm³/mol. The first-order valence-corrected chi connectivity index (χ1v) is 5.20. The molecule has 0 saturated carbocycles. The molecule has 2 rings (SSSR count). The molecule has 1 heterocycles. The van der Waals surface area contributed by atoms with E-state index in [0.29, 0.717) is 0 Å². The van der Waals surface area contributed by atoms with Gasteiger partial charge in [0.05, 0.1) is 13.2 Å². The van der Waals surface area contributed by atoms with Crippen LogP contribution in [-0.2, 0) is 24.2 Å². The molecule has 0 amide bonds. The molecule has 0 fully saturated rings. The monoisotopic (exact) mass is 191 g/mol. The van der Waals surface area contributed by atoms with E-state index in [2.05, 4.69) is 18.2 Å². The maximum atomic E-state index is 5.82. The van der Waals surface area contributed by atoms with Crippen molar-refractivity contribution in [1.29, 1.82) is 0 Å². The molecule has 1 atom stereocenters. The Morgan fingerprint density at radius 3 is 3.14 bits per heavy atom. The first-order valence-electron chi connectivity index (χ1n) is 5.20. The molecular formula is C12H17NO. The zero-order chi connectivity index (χ0) is 9.97. The maximum Gasteiger partial charge on any atom is 0.0722 e. The van der Waals surface area contributed by atoms with Crippen LogP contribution in [-0.4, -0.2) is 12.6 Å². The molecule has 2 nitrogen and oxygen atoms in total. The third-order valence-corrected chi connectivity index (χ3v) is 2.67. The highest BCUT2D eigenvalue weighted by molar-refractivity contribution is 5.36. The second-order valence-corrected chi connectivity index (χ2v) is 4.04. The van der Waals surface area contributed by atoms with Gasteiger partial charge in [0, 0.05) is 6.04 Å². The van der Waals surface area contributed by atoms with Crippen molar-refractivity contribution in [2.24, 2.45) is 5.73 Å². The van der Waals surface area contributed by atoms with Crippen LogP contribution in [0, 0.1) is 0 Å². The van der Waals surface area contributed by atoms with Crippen LogP contribution in [0.25, 0.3) is 0 Å². The Labute approximate surface area is 85.1 Å². The number of rotatable bonds is 2. The Hall–Kier alpha value is -0.860. The topological polar surface area (TPSA) is 35.2 Å². The molecule has 0 saturated heterocycles. The van der Waals surface area contributed by atoms with Gasteiger partial charge in [-0.3, -0.25) is 0 Å². The summed E-state index contributed by atoms with van der Waals surface area (Å²) in [5, 5.41) is 0. The lowest BCUT2D eigenvalue weighted by Gasteiger charge is -2.20. The molecule has 2 N–H and O–H groups in total. The van der Waals surface area contributed by atoms with Crippen molar-refractivity contribution in [3.8, 4) is 0 Å². The minimum atomic E-state index is 0.225. The first kappa shape index (κ1) is 9.69. The highest BCUT2D eigenvalue weighted by atomic mass is 16.5. The van der Waals surface area contributed by atoms with Gasteiger partial charge in [-0.2, -0.15) is 0 Å². The second kappa shape index (κ2) is 4.11. The number of hydrogen-bond acceptors (Lipinski definition) is 2. The van der Waals surface area contributed by atoms with Crippen molar-refractivity contribution < 1.29 is 4.74 Å². The van der Waals surface area contributed by atoms with E-state index in [0.717, 1.165) is 26.1 Å². The zero-order valence-corrected chi connectivity index (χ0v) is 8.62. The molecule has 0 aliphatic carbocycles. The molecule has 1 aromatic carbocycles. The van der Waals surface area contributed by atoms with Crippen LogP contribution in [0.4, 0.5) is 0 Å². The molecule has 2 heteroatoms. The van der Waals surface area contributed by atoms with Gasteiger partial charge in [0.1, 0.15) is 0 Å². The van der Waals surface area contributed by atoms with Crippen molar-refractivity contribution >= 4 is 0 Å². The van der Waals surface area contributed by atoms with E-state index in [1.54, 1.807) is 0 Å². The molecule has 0 spiro atoms. The van der Waals surface area contributed by atoms with Gasteiger partial charge < -0.3 is 10.5 Å². The van der Waals surface area contributed by atoms with Crippen LogP contribution in [0.1, 0.15) is 23.6 Å². The molecule has 76 valence electrons. The van der Waals surface area contributed by atoms with Gasteiger partial charge in [-0.25, -0.2) is 0 Å². The van der Waals surface area contributed by atoms with Crippen LogP contribution in [0.15, 0.2) is 18.2 Å². The summed E-state index contributed by atoms with van der Waals surface area (Å²) < 4.78 is 5.48. The molecule has 0 aromatic heterocycles. The van der Waals surface area contributed by atoms with Crippen molar-refractivity contribution in [2.75, 3.05) is 6.61 Å². The fourth-order valence-corrected chi connectivity index (χ4v) is 2.00. The molecule has 0 radical (unpaired) electrons. The summed E-state index contributed by atoms with van der Waals surface area (Å²) in [4.78, 5) is 0. The number of ether oxygens (including phenoxy) is 1. The van der Waals surface area contributed by atoms with E-state index in [9.17, 15) is 0 Å². The van der Waals surface area contributed by atoms with E-state index in [1.807, 2.05) is 6.92 Å². The van der Waals surface area contributed by atoms with Gasteiger partial charge in [0.15, 0.2) is 0 Å². The van der Waals surface area contributed by atoms with Crippen molar-refractivity contribution in [2.45, 2.75) is 32.4 Å². The fourth-order valence-electron chi connectivity index (χ4n) is 2.00. The third kappa shape index (κ3) is 1.97. The molecule has 1 aliphatic heterocycles. The standard InChI is InChI=1S/C12H17NO/c1-9(13)7-11-4-2-3-10-5-6-14-8-12(10)11/h2-4,9H,5-8,13H2,1H3. The predicted octanol–water partition coefficient (Wildman–Crippen LogP) is 1.65. The maximum absolute atomic E-state index is 5.82. The summed E-state index contributed by atoms with van der Waals surface area (Å²) in [6.07, 6.45) is 1.99. The number of nitrogens with two attached hydrogens (primary N) is 1. The summed E-state index contributed by atoms with van der Waals surface area (Å²) in [6, 6.07) is 6.71. The average molecular weight is 191 g/mol. The van der Waals surface area contributed by atoms with Gasteiger partial charge in [-0.15, -0.1) is 0 Å². The normalized spacial score (nSPS) is 17.6. The minimum Gasteiger partial charge on any atom is -0.376 e. The summed E-state index contributed by atoms with van der Waals surface area (Å²) in [6.45, 7) is 3.66. The number of benzene rings is 1. The van der Waals surface area contributed by atoms with Crippen LogP contribution in [0.5, 0.6) is 0 Å². The summed E-state index contributed by atoms with van der Waals surface area (Å²) in [5.74, 6) is 0. The van der Waals surface area contributed by atoms with E-state index in [1.165, 1.54) is 16.7 Å². The fraction of sp³-hybridized carbons (Fsp3) is 0.500. The average Bonchev–Trinajstić information content (AvgIpc) is 2.18. The molecular weight excluding hydrogens is 174 g/mol. The van der Waals surface area contributed by atoms with E-state index < -0.39 is 0 Å². The molecule has 14 heavy (non-hydrogen) atoms. The highest BCUT2D eigenvalue weighted by Crippen LogP contribution is 2.21. The zero-order valence-electron chi connectivity index (χ0n) is 8.62. The first-order chi connectivity index (χ1) is 6.77. The Morgan fingerprint density at radius 1 is 1.50 bits per heavy atom. The molecule has 0 bridgehead atoms. The molecule has 1 aromatic rings. The Kier molecular flexibility index (Phi) is 2.85. The van der Waals surface area contributed by atoms with Crippen molar-refractivity contribution in [1.82, 2.24) is 0 Å². The largest absolute Gasteiger partial charge is 0.376 e. The second-order valence-electron chi connectivity index (χ2n) is 4.04. The van der Waals surface area contributed by atoms with Gasteiger partial charge in [-0.1, -0.05) is 18.2 Å². The number of hydrogen-bond donors (Lipinski definition) is 1. The highest BCUT2D eigenvalue weighted by Gasteiger charge is 2.13. The Bertz CT molecular complexity index is 320. The van der Waals surface area contributed by atoms with Crippen LogP contribution in [0.2, 0.25) is 0 Å². The minimum absolute atomic E-state index is 0.225. The summed E-state index contributed by atoms with van der Waals surface area (Å²) in [7, 11) is 0. The van der Waals surface area contributed by atoms with E-state index in [-0.39, 0.29) is 6.04 Å². The Morgan fingerprint density at radius 2 is 2.36 bits per heavy atom. The van der Waals surface area contributed by atoms with Gasteiger partial charge in [0.25, 0.3) is 0 Å². The molecule has 1 unspecified atom stereocenters. The quantitative estimate of drug-likeness (QED) is 0.771. The number of fused-ring (bicyclic) bond motifs is 1. The van der Waals surface area contributed by atoms with Crippen LogP contribution >= 0.6 is 0 Å². The van der Waals surface area contributed by atoms with E-state index >= 15 is 0 Å². The van der Waals surface area contributed by atoms with E-state index in [4.69, 9.17) is 10.5 Å². The lowest BCUT2D eigenvalue weighted by Crippen LogP contribution is -2.20. The third-order valence-electron chi connectivity index (χ3n) is 2.67. The van der Waals surface area contributed by atoms with Gasteiger partial charge >= 0.3 is 0 Å². The van der Waals surface area contributed by atoms with Gasteiger partial charge in [-0.05, 0) is 36.5 Å². The van der Waals surface area contributed by atoms with Crippen molar-refractivity contribution in [3.63, 3.8) is 0 Å². The molecule has 1 aliphatic rings. The SMILES string of the molecule is CC(N)Cc1cccc2c1COCC2. The Balaban J connectivity index is 2.30. The van der Waals surface area contributed by atoms with Crippen molar-refractivity contribution in [3.05, 3.63) is 34.9 Å². The summed E-state index contributed by atoms with van der Waals surface area (Å²) >= 11 is 0.